The summed E-state index contributed by atoms with van der Waals surface area (Å²) in [5.41, 5.74) is 2.38. The maximum absolute atomic E-state index is 15.1. The Balaban J connectivity index is 1.03. The zero-order valence-corrected chi connectivity index (χ0v) is 21.3. The lowest BCUT2D eigenvalue weighted by molar-refractivity contribution is -0.121. The number of benzene rings is 4. The molecule has 1 aromatic heterocycles. The topological polar surface area (TPSA) is 106 Å². The van der Waals surface area contributed by atoms with E-state index in [9.17, 15) is 14.4 Å². The average molecular weight is 538 g/mol. The van der Waals surface area contributed by atoms with Crippen LogP contribution in [0.1, 0.15) is 23.2 Å². The van der Waals surface area contributed by atoms with Gasteiger partial charge in [0.05, 0.1) is 24.3 Å². The van der Waals surface area contributed by atoms with Gasteiger partial charge in [-0.2, -0.15) is 0 Å². The van der Waals surface area contributed by atoms with Crippen molar-refractivity contribution in [3.63, 3.8) is 0 Å². The molecule has 1 fully saturated rings. The zero-order chi connectivity index (χ0) is 27.6. The van der Waals surface area contributed by atoms with Gasteiger partial charge in [-0.05, 0) is 47.2 Å². The first kappa shape index (κ1) is 25.2. The van der Waals surface area contributed by atoms with Gasteiger partial charge < -0.3 is 10.1 Å². The number of amides is 2. The van der Waals surface area contributed by atoms with E-state index in [-0.39, 0.29) is 43.3 Å². The highest BCUT2D eigenvalue weighted by Crippen LogP contribution is 2.26. The monoisotopic (exact) mass is 537 g/mol. The van der Waals surface area contributed by atoms with Gasteiger partial charge in [0.1, 0.15) is 17.3 Å². The number of para-hydroxylation sites is 1. The number of hydrogen-bond acceptors (Lipinski definition) is 6. The van der Waals surface area contributed by atoms with E-state index < -0.39 is 18.0 Å². The molecule has 5 aromatic rings. The number of halogens is 1. The van der Waals surface area contributed by atoms with Crippen LogP contribution in [-0.4, -0.2) is 52.0 Å². The third-order valence-corrected chi connectivity index (χ3v) is 6.87. The first-order chi connectivity index (χ1) is 19.5. The predicted octanol–water partition coefficient (Wildman–Crippen LogP) is 4.82. The number of anilines is 1. The summed E-state index contributed by atoms with van der Waals surface area (Å²) in [6.07, 6.45) is -1.17. The number of Topliss-reactive ketones (excluding diaryl/α,β-unsaturated/α-hetero) is 1. The minimum atomic E-state index is -0.635. The molecule has 1 N–H and O–H groups in total. The van der Waals surface area contributed by atoms with E-state index in [0.717, 1.165) is 10.8 Å². The molecule has 2 heterocycles. The highest BCUT2D eigenvalue weighted by atomic mass is 19.1. The van der Waals surface area contributed by atoms with Crippen molar-refractivity contribution in [2.24, 2.45) is 0 Å². The second-order valence-electron chi connectivity index (χ2n) is 9.53. The number of carbonyl (C=O) groups excluding carboxylic acids is 3. The molecule has 1 aliphatic heterocycles. The van der Waals surface area contributed by atoms with Crippen molar-refractivity contribution in [3.8, 4) is 5.69 Å². The van der Waals surface area contributed by atoms with E-state index in [0.29, 0.717) is 22.3 Å². The maximum Gasteiger partial charge on any atom is 0.414 e. The summed E-state index contributed by atoms with van der Waals surface area (Å²) in [5, 5.41) is 12.8. The van der Waals surface area contributed by atoms with Crippen molar-refractivity contribution < 1.29 is 23.5 Å². The number of cyclic esters (lactones) is 1. The SMILES string of the molecule is O=C(CCC(=O)c1ccc2ccccc2c1)NCC1CN(c2ccc(-n3nnc4ccccc43)c(F)c2)C(=O)O1. The Kier molecular flexibility index (Phi) is 6.65. The molecule has 6 rings (SSSR count). The van der Waals surface area contributed by atoms with Gasteiger partial charge in [0, 0.05) is 18.4 Å². The number of carbonyl (C=O) groups is 3. The molecular weight excluding hydrogens is 513 g/mol. The molecule has 2 amide bonds. The molecule has 0 spiro atoms. The first-order valence-electron chi connectivity index (χ1n) is 12.8. The molecule has 40 heavy (non-hydrogen) atoms. The van der Waals surface area contributed by atoms with E-state index >= 15 is 4.39 Å². The Morgan fingerprint density at radius 2 is 1.75 bits per heavy atom. The van der Waals surface area contributed by atoms with Crippen LogP contribution in [0.2, 0.25) is 0 Å². The molecule has 1 aliphatic rings. The first-order valence-corrected chi connectivity index (χ1v) is 12.8. The van der Waals surface area contributed by atoms with Gasteiger partial charge in [-0.25, -0.2) is 13.9 Å². The summed E-state index contributed by atoms with van der Waals surface area (Å²) in [5.74, 6) is -1.02. The van der Waals surface area contributed by atoms with Crippen LogP contribution in [0.4, 0.5) is 14.9 Å². The Morgan fingerprint density at radius 3 is 2.60 bits per heavy atom. The third kappa shape index (κ3) is 4.98. The maximum atomic E-state index is 15.1. The van der Waals surface area contributed by atoms with Gasteiger partial charge in [0.2, 0.25) is 5.91 Å². The lowest BCUT2D eigenvalue weighted by atomic mass is 10.0. The van der Waals surface area contributed by atoms with Crippen molar-refractivity contribution in [2.75, 3.05) is 18.0 Å². The number of ether oxygens (including phenoxy) is 1. The fourth-order valence-electron chi connectivity index (χ4n) is 4.77. The van der Waals surface area contributed by atoms with Crippen LogP contribution in [0.3, 0.4) is 0 Å². The number of aromatic nitrogens is 3. The molecular formula is C30H24FN5O4. The molecule has 4 aromatic carbocycles. The van der Waals surface area contributed by atoms with Crippen LogP contribution in [0.5, 0.6) is 0 Å². The van der Waals surface area contributed by atoms with Gasteiger partial charge >= 0.3 is 6.09 Å². The summed E-state index contributed by atoms with van der Waals surface area (Å²) >= 11 is 0. The number of fused-ring (bicyclic) bond motifs is 2. The van der Waals surface area contributed by atoms with Gasteiger partial charge in [-0.15, -0.1) is 5.10 Å². The summed E-state index contributed by atoms with van der Waals surface area (Å²) < 4.78 is 21.8. The molecule has 0 aliphatic carbocycles. The lowest BCUT2D eigenvalue weighted by Gasteiger charge is -2.14. The predicted molar refractivity (Wildman–Crippen MR) is 147 cm³/mol. The number of ketones is 1. The Bertz CT molecular complexity index is 1770. The fourth-order valence-corrected chi connectivity index (χ4v) is 4.77. The summed E-state index contributed by atoms with van der Waals surface area (Å²) in [6, 6.07) is 24.8. The molecule has 1 atom stereocenters. The summed E-state index contributed by atoms with van der Waals surface area (Å²) in [6.45, 7) is 0.219. The molecule has 200 valence electrons. The van der Waals surface area contributed by atoms with Crippen LogP contribution >= 0.6 is 0 Å². The van der Waals surface area contributed by atoms with Crippen LogP contribution in [0.15, 0.2) is 84.9 Å². The van der Waals surface area contributed by atoms with Crippen LogP contribution in [0, 0.1) is 5.82 Å². The standard InChI is InChI=1S/C30H24FN5O4/c31-24-16-22(11-12-26(24)36-27-8-4-3-7-25(27)33-34-36)35-18-23(40-30(35)39)17-32-29(38)14-13-28(37)21-10-9-19-5-1-2-6-20(19)15-21/h1-12,15-16,23H,13-14,17-18H2,(H,32,38). The minimum absolute atomic E-state index is 0.0136. The number of rotatable bonds is 8. The van der Waals surface area contributed by atoms with Crippen LogP contribution in [-0.2, 0) is 9.53 Å². The number of nitrogens with zero attached hydrogens (tertiary/aromatic N) is 4. The van der Waals surface area contributed by atoms with Crippen molar-refractivity contribution in [2.45, 2.75) is 18.9 Å². The van der Waals surface area contributed by atoms with E-state index in [1.165, 1.54) is 21.7 Å². The lowest BCUT2D eigenvalue weighted by Crippen LogP contribution is -2.34. The van der Waals surface area contributed by atoms with Gasteiger partial charge in [0.25, 0.3) is 0 Å². The largest absolute Gasteiger partial charge is 0.442 e. The molecule has 9 nitrogen and oxygen atoms in total. The molecule has 0 radical (unpaired) electrons. The number of nitrogens with one attached hydrogen (secondary N) is 1. The Morgan fingerprint density at radius 1 is 0.950 bits per heavy atom. The number of hydrogen-bond donors (Lipinski definition) is 1. The summed E-state index contributed by atoms with van der Waals surface area (Å²) in [7, 11) is 0. The zero-order valence-electron chi connectivity index (χ0n) is 21.3. The molecule has 0 saturated carbocycles. The Hall–Kier alpha value is -5.12. The van der Waals surface area contributed by atoms with Crippen molar-refractivity contribution >= 4 is 45.3 Å². The Labute approximate surface area is 228 Å². The normalized spacial score (nSPS) is 15.0. The van der Waals surface area contributed by atoms with Crippen LogP contribution < -0.4 is 10.2 Å². The van der Waals surface area contributed by atoms with E-state index in [4.69, 9.17) is 4.74 Å². The molecule has 10 heteroatoms. The molecule has 0 bridgehead atoms. The van der Waals surface area contributed by atoms with E-state index in [2.05, 4.69) is 15.6 Å². The fraction of sp³-hybridized carbons (Fsp3) is 0.167. The van der Waals surface area contributed by atoms with Crippen molar-refractivity contribution in [1.82, 2.24) is 20.3 Å². The van der Waals surface area contributed by atoms with Gasteiger partial charge in [-0.1, -0.05) is 53.7 Å². The van der Waals surface area contributed by atoms with Gasteiger partial charge in [0.15, 0.2) is 11.6 Å². The highest BCUT2D eigenvalue weighted by Gasteiger charge is 2.33. The van der Waals surface area contributed by atoms with Gasteiger partial charge in [-0.3, -0.25) is 14.5 Å². The smallest absolute Gasteiger partial charge is 0.414 e. The van der Waals surface area contributed by atoms with Crippen molar-refractivity contribution in [3.05, 3.63) is 96.3 Å². The average Bonchev–Trinajstić information content (AvgIpc) is 3.57. The highest BCUT2D eigenvalue weighted by molar-refractivity contribution is 6.01. The van der Waals surface area contributed by atoms with Crippen molar-refractivity contribution in [1.29, 1.82) is 0 Å². The van der Waals surface area contributed by atoms with E-state index in [1.54, 1.807) is 24.3 Å². The molecule has 1 unspecified atom stereocenters. The second-order valence-corrected chi connectivity index (χ2v) is 9.53. The summed E-state index contributed by atoms with van der Waals surface area (Å²) in [4.78, 5) is 38.8. The van der Waals surface area contributed by atoms with Crippen LogP contribution in [0.25, 0.3) is 27.5 Å². The quantitative estimate of drug-likeness (QED) is 0.285. The minimum Gasteiger partial charge on any atom is -0.442 e. The third-order valence-electron chi connectivity index (χ3n) is 6.87. The van der Waals surface area contributed by atoms with E-state index in [1.807, 2.05) is 48.5 Å². The molecule has 1 saturated heterocycles. The second kappa shape index (κ2) is 10.6.